The minimum absolute atomic E-state index is 0.298. The lowest BCUT2D eigenvalue weighted by atomic mass is 10.0. The van der Waals surface area contributed by atoms with Gasteiger partial charge in [-0.1, -0.05) is 0 Å². The first kappa shape index (κ1) is 15.4. The van der Waals surface area contributed by atoms with Crippen molar-refractivity contribution in [3.05, 3.63) is 15.4 Å². The van der Waals surface area contributed by atoms with Gasteiger partial charge >= 0.3 is 0 Å². The van der Waals surface area contributed by atoms with E-state index in [2.05, 4.69) is 20.7 Å². The van der Waals surface area contributed by atoms with Crippen LogP contribution in [0, 0.1) is 6.92 Å². The highest BCUT2D eigenvalue weighted by Gasteiger charge is 2.31. The van der Waals surface area contributed by atoms with Crippen molar-refractivity contribution in [2.75, 3.05) is 0 Å². The number of hydrogen-bond donors (Lipinski definition) is 1. The van der Waals surface area contributed by atoms with Crippen LogP contribution >= 0.6 is 38.9 Å². The molecule has 0 radical (unpaired) electrons. The predicted molar refractivity (Wildman–Crippen MR) is 76.5 cm³/mol. The molecule has 0 amide bonds. The number of thiophene rings is 1. The topological polar surface area (TPSA) is 46.2 Å². The smallest absolute Gasteiger partial charge is 0.206 e. The van der Waals surface area contributed by atoms with Crippen LogP contribution in [-0.2, 0) is 10.0 Å². The summed E-state index contributed by atoms with van der Waals surface area (Å²) in [5, 5.41) is -0.304. The van der Waals surface area contributed by atoms with Gasteiger partial charge in [-0.15, -0.1) is 22.9 Å². The Bertz CT molecular complexity index is 489. The average molecular weight is 361 g/mol. The van der Waals surface area contributed by atoms with Crippen LogP contribution in [0.2, 0.25) is 0 Å². The number of nitrogens with one attached hydrogen (secondary N) is 1. The van der Waals surface area contributed by atoms with Gasteiger partial charge in [-0.2, -0.15) is 0 Å². The zero-order valence-electron chi connectivity index (χ0n) is 10.0. The maximum atomic E-state index is 12.1. The molecule has 1 aromatic rings. The molecule has 1 aromatic heterocycles. The number of rotatable bonds is 4. The van der Waals surface area contributed by atoms with Crippen molar-refractivity contribution in [3.8, 4) is 0 Å². The van der Waals surface area contributed by atoms with E-state index < -0.39 is 15.6 Å². The molecule has 0 fully saturated rings. The van der Waals surface area contributed by atoms with E-state index >= 15 is 0 Å². The van der Waals surface area contributed by atoms with E-state index in [1.807, 2.05) is 6.92 Å². The summed E-state index contributed by atoms with van der Waals surface area (Å²) >= 11 is 10.5. The van der Waals surface area contributed by atoms with Gasteiger partial charge in [0.05, 0.1) is 3.79 Å². The van der Waals surface area contributed by atoms with Gasteiger partial charge in [0.15, 0.2) is 0 Å². The Kier molecular flexibility index (Phi) is 4.69. The fraction of sp³-hybridized carbons (Fsp3) is 0.600. The van der Waals surface area contributed by atoms with Crippen LogP contribution in [0.5, 0.6) is 0 Å². The van der Waals surface area contributed by atoms with E-state index in [4.69, 9.17) is 11.6 Å². The van der Waals surface area contributed by atoms with Crippen molar-refractivity contribution in [3.63, 3.8) is 0 Å². The predicted octanol–water partition coefficient (Wildman–Crippen LogP) is 3.50. The molecule has 1 unspecified atom stereocenters. The minimum atomic E-state index is -3.51. The first-order valence-electron chi connectivity index (χ1n) is 5.00. The molecule has 1 rings (SSSR count). The second-order valence-corrected chi connectivity index (χ2v) is 9.40. The molecule has 0 spiro atoms. The van der Waals surface area contributed by atoms with Crippen molar-refractivity contribution in [2.45, 2.75) is 42.8 Å². The Hall–Kier alpha value is 0.380. The van der Waals surface area contributed by atoms with Crippen molar-refractivity contribution < 1.29 is 8.42 Å². The largest absolute Gasteiger partial charge is 0.250 e. The Balaban J connectivity index is 3.05. The molecule has 3 nitrogen and oxygen atoms in total. The van der Waals surface area contributed by atoms with E-state index in [1.54, 1.807) is 26.8 Å². The van der Waals surface area contributed by atoms with Crippen molar-refractivity contribution >= 4 is 48.9 Å². The lowest BCUT2D eigenvalue weighted by Gasteiger charge is -2.28. The molecule has 0 bridgehead atoms. The molecule has 1 N–H and O–H groups in total. The minimum Gasteiger partial charge on any atom is -0.206 e. The number of sulfonamides is 1. The molecular weight excluding hydrogens is 346 g/mol. The quantitative estimate of drug-likeness (QED) is 0.835. The van der Waals surface area contributed by atoms with Crippen LogP contribution in [0.15, 0.2) is 14.1 Å². The second kappa shape index (κ2) is 5.17. The van der Waals surface area contributed by atoms with E-state index in [-0.39, 0.29) is 5.38 Å². The Morgan fingerprint density at radius 1 is 1.53 bits per heavy atom. The first-order chi connectivity index (χ1) is 7.56. The van der Waals surface area contributed by atoms with Crippen LogP contribution in [0.1, 0.15) is 26.3 Å². The lowest BCUT2D eigenvalue weighted by molar-refractivity contribution is 0.446. The molecular formula is C10H15BrClNO2S2. The van der Waals surface area contributed by atoms with Gasteiger partial charge in [0.2, 0.25) is 0 Å². The van der Waals surface area contributed by atoms with Gasteiger partial charge in [0, 0.05) is 10.9 Å². The van der Waals surface area contributed by atoms with Crippen LogP contribution in [0.3, 0.4) is 0 Å². The van der Waals surface area contributed by atoms with Crippen LogP contribution < -0.4 is 4.72 Å². The van der Waals surface area contributed by atoms with Gasteiger partial charge in [0.25, 0.3) is 10.0 Å². The van der Waals surface area contributed by atoms with Crippen LogP contribution in [-0.4, -0.2) is 19.3 Å². The third-order valence-electron chi connectivity index (χ3n) is 2.49. The molecule has 0 aliphatic rings. The third kappa shape index (κ3) is 3.67. The number of hydrogen-bond acceptors (Lipinski definition) is 3. The van der Waals surface area contributed by atoms with Crippen molar-refractivity contribution in [1.29, 1.82) is 0 Å². The summed E-state index contributed by atoms with van der Waals surface area (Å²) in [6, 6.07) is 1.64. The highest BCUT2D eigenvalue weighted by Crippen LogP contribution is 2.31. The maximum Gasteiger partial charge on any atom is 0.250 e. The molecule has 17 heavy (non-hydrogen) atoms. The van der Waals surface area contributed by atoms with Crippen LogP contribution in [0.4, 0.5) is 0 Å². The third-order valence-corrected chi connectivity index (χ3v) is 7.32. The normalized spacial score (nSPS) is 14.9. The summed E-state index contributed by atoms with van der Waals surface area (Å²) in [7, 11) is -3.51. The molecule has 0 aliphatic heterocycles. The molecule has 0 saturated heterocycles. The van der Waals surface area contributed by atoms with Gasteiger partial charge in [-0.05, 0) is 55.3 Å². The number of alkyl halides is 1. The highest BCUT2D eigenvalue weighted by molar-refractivity contribution is 9.11. The lowest BCUT2D eigenvalue weighted by Crippen LogP contribution is -2.48. The van der Waals surface area contributed by atoms with Gasteiger partial charge < -0.3 is 0 Å². The standard InChI is InChI=1S/C10H15BrClNO2S2/c1-6-5-8(16-9(6)11)17(14,15)13-10(3,4)7(2)12/h5,7,13H,1-4H3. The van der Waals surface area contributed by atoms with Gasteiger partial charge in [-0.3, -0.25) is 0 Å². The molecule has 0 saturated carbocycles. The number of halogens is 2. The Morgan fingerprint density at radius 2 is 2.06 bits per heavy atom. The zero-order valence-corrected chi connectivity index (χ0v) is 14.0. The summed E-state index contributed by atoms with van der Waals surface area (Å²) in [5.74, 6) is 0. The van der Waals surface area contributed by atoms with Crippen molar-refractivity contribution in [2.24, 2.45) is 0 Å². The fourth-order valence-corrected chi connectivity index (χ4v) is 4.87. The second-order valence-electron chi connectivity index (χ2n) is 4.47. The molecule has 0 aliphatic carbocycles. The summed E-state index contributed by atoms with van der Waals surface area (Å²) in [6.07, 6.45) is 0. The molecule has 1 atom stereocenters. The summed E-state index contributed by atoms with van der Waals surface area (Å²) < 4.78 is 28.0. The number of aryl methyl sites for hydroxylation is 1. The summed E-state index contributed by atoms with van der Waals surface area (Å²) in [4.78, 5) is 0. The zero-order chi connectivity index (χ0) is 13.4. The van der Waals surface area contributed by atoms with E-state index in [0.717, 1.165) is 9.35 Å². The van der Waals surface area contributed by atoms with Gasteiger partial charge in [-0.25, -0.2) is 13.1 Å². The maximum absolute atomic E-state index is 12.1. The highest BCUT2D eigenvalue weighted by atomic mass is 79.9. The molecule has 1 heterocycles. The SMILES string of the molecule is Cc1cc(S(=O)(=O)NC(C)(C)C(C)Cl)sc1Br. The fourth-order valence-electron chi connectivity index (χ4n) is 1.04. The van der Waals surface area contributed by atoms with Crippen LogP contribution in [0.25, 0.3) is 0 Å². The summed E-state index contributed by atoms with van der Waals surface area (Å²) in [5.41, 5.74) is 0.220. The average Bonchev–Trinajstić information content (AvgIpc) is 2.45. The van der Waals surface area contributed by atoms with E-state index in [1.165, 1.54) is 11.3 Å². The Labute approximate surface area is 120 Å². The van der Waals surface area contributed by atoms with E-state index in [0.29, 0.717) is 4.21 Å². The molecule has 0 aromatic carbocycles. The first-order valence-corrected chi connectivity index (χ1v) is 8.53. The Morgan fingerprint density at radius 3 is 2.41 bits per heavy atom. The van der Waals surface area contributed by atoms with Gasteiger partial charge in [0.1, 0.15) is 4.21 Å². The molecule has 7 heteroatoms. The summed E-state index contributed by atoms with van der Waals surface area (Å²) in [6.45, 7) is 7.14. The monoisotopic (exact) mass is 359 g/mol. The van der Waals surface area contributed by atoms with Crippen molar-refractivity contribution in [1.82, 2.24) is 4.72 Å². The van der Waals surface area contributed by atoms with E-state index in [9.17, 15) is 8.42 Å². The molecule has 98 valence electrons.